The van der Waals surface area contributed by atoms with E-state index in [9.17, 15) is 9.59 Å². The molecule has 0 aliphatic heterocycles. The summed E-state index contributed by atoms with van der Waals surface area (Å²) < 4.78 is 10.5. The summed E-state index contributed by atoms with van der Waals surface area (Å²) in [6.45, 7) is 6.05. The molecule has 4 nitrogen and oxygen atoms in total. The monoisotopic (exact) mass is 302 g/mol. The van der Waals surface area contributed by atoms with E-state index in [1.165, 1.54) is 0 Å². The van der Waals surface area contributed by atoms with Crippen LogP contribution in [0, 0.1) is 11.3 Å². The Kier molecular flexibility index (Phi) is 5.01. The summed E-state index contributed by atoms with van der Waals surface area (Å²) in [6, 6.07) is 9.42. The predicted octanol–water partition coefficient (Wildman–Crippen LogP) is 3.27. The topological polar surface area (TPSA) is 52.6 Å². The van der Waals surface area contributed by atoms with Gasteiger partial charge in [0.15, 0.2) is 5.41 Å². The summed E-state index contributed by atoms with van der Waals surface area (Å²) in [5, 5.41) is 0. The predicted molar refractivity (Wildman–Crippen MR) is 82.8 cm³/mol. The van der Waals surface area contributed by atoms with Crippen molar-refractivity contribution in [2.24, 2.45) is 11.3 Å². The Morgan fingerprint density at radius 3 is 2.36 bits per heavy atom. The van der Waals surface area contributed by atoms with Gasteiger partial charge in [0.25, 0.3) is 0 Å². The van der Waals surface area contributed by atoms with Gasteiger partial charge in [-0.25, -0.2) is 0 Å². The molecule has 0 aromatic heterocycles. The second kappa shape index (κ2) is 6.77. The van der Waals surface area contributed by atoms with Gasteiger partial charge in [0, 0.05) is 0 Å². The molecule has 118 valence electrons. The first kappa shape index (κ1) is 16.3. The van der Waals surface area contributed by atoms with E-state index in [1.807, 2.05) is 44.2 Å². The summed E-state index contributed by atoms with van der Waals surface area (Å²) >= 11 is 0. The van der Waals surface area contributed by atoms with E-state index in [0.717, 1.165) is 11.1 Å². The van der Waals surface area contributed by atoms with Crippen LogP contribution in [0.3, 0.4) is 0 Å². The molecule has 1 aliphatic rings. The summed E-state index contributed by atoms with van der Waals surface area (Å²) in [5.41, 5.74) is 0.611. The average Bonchev–Trinajstić information content (AvgIpc) is 2.83. The minimum atomic E-state index is -1.30. The summed E-state index contributed by atoms with van der Waals surface area (Å²) in [6.07, 6.45) is 2.12. The molecule has 2 atom stereocenters. The van der Waals surface area contributed by atoms with Crippen LogP contribution in [0.4, 0.5) is 0 Å². The lowest BCUT2D eigenvalue weighted by Crippen LogP contribution is -2.39. The molecule has 0 heterocycles. The quantitative estimate of drug-likeness (QED) is 0.476. The zero-order valence-corrected chi connectivity index (χ0v) is 13.3. The van der Waals surface area contributed by atoms with Gasteiger partial charge in [-0.1, -0.05) is 48.9 Å². The molecule has 4 heteroatoms. The number of rotatable bonds is 5. The van der Waals surface area contributed by atoms with Crippen molar-refractivity contribution >= 4 is 11.9 Å². The summed E-state index contributed by atoms with van der Waals surface area (Å²) in [7, 11) is 0. The molecule has 0 saturated heterocycles. The Hall–Kier alpha value is -2.10. The minimum absolute atomic E-state index is 0.155. The molecule has 0 amide bonds. The van der Waals surface area contributed by atoms with Gasteiger partial charge in [0.1, 0.15) is 6.61 Å². The molecule has 0 radical (unpaired) electrons. The number of benzene rings is 1. The normalized spacial score (nSPS) is 23.8. The van der Waals surface area contributed by atoms with Gasteiger partial charge >= 0.3 is 11.9 Å². The van der Waals surface area contributed by atoms with E-state index >= 15 is 0 Å². The first-order valence-electron chi connectivity index (χ1n) is 7.57. The lowest BCUT2D eigenvalue weighted by Gasteiger charge is -2.23. The number of carbonyl (C=O) groups excluding carboxylic acids is 2. The molecule has 0 saturated carbocycles. The maximum Gasteiger partial charge on any atom is 0.327 e. The van der Waals surface area contributed by atoms with Crippen molar-refractivity contribution < 1.29 is 19.1 Å². The molecule has 1 aromatic carbocycles. The van der Waals surface area contributed by atoms with Crippen LogP contribution < -0.4 is 0 Å². The van der Waals surface area contributed by atoms with E-state index in [1.54, 1.807) is 13.0 Å². The largest absolute Gasteiger partial charge is 0.465 e. The molecule has 0 bridgehead atoms. The molecule has 0 N–H and O–H groups in total. The summed E-state index contributed by atoms with van der Waals surface area (Å²) in [5.74, 6) is -0.885. The molecule has 2 rings (SSSR count). The van der Waals surface area contributed by atoms with Crippen LogP contribution >= 0.6 is 0 Å². The van der Waals surface area contributed by atoms with Crippen molar-refractivity contribution in [1.82, 2.24) is 0 Å². The molecule has 0 fully saturated rings. The average molecular weight is 302 g/mol. The van der Waals surface area contributed by atoms with Gasteiger partial charge in [-0.15, -0.1) is 0 Å². The molecule has 1 aliphatic carbocycles. The van der Waals surface area contributed by atoms with E-state index < -0.39 is 17.4 Å². The number of esters is 2. The van der Waals surface area contributed by atoms with Gasteiger partial charge in [-0.3, -0.25) is 9.59 Å². The van der Waals surface area contributed by atoms with Crippen LogP contribution in [0.5, 0.6) is 0 Å². The molecule has 0 spiro atoms. The third kappa shape index (κ3) is 3.21. The van der Waals surface area contributed by atoms with Crippen LogP contribution in [0.1, 0.15) is 32.8 Å². The Morgan fingerprint density at radius 1 is 1.18 bits per heavy atom. The third-order valence-corrected chi connectivity index (χ3v) is 4.10. The third-order valence-electron chi connectivity index (χ3n) is 4.10. The minimum Gasteiger partial charge on any atom is -0.465 e. The van der Waals surface area contributed by atoms with Crippen LogP contribution in [0.2, 0.25) is 0 Å². The highest BCUT2D eigenvalue weighted by atomic mass is 16.6. The summed E-state index contributed by atoms with van der Waals surface area (Å²) in [4.78, 5) is 24.9. The number of hydrogen-bond acceptors (Lipinski definition) is 4. The number of carbonyl (C=O) groups is 2. The number of allylic oxidation sites excluding steroid dienone is 1. The number of ether oxygens (including phenoxy) is 2. The Morgan fingerprint density at radius 2 is 1.82 bits per heavy atom. The maximum absolute atomic E-state index is 12.6. The van der Waals surface area contributed by atoms with Gasteiger partial charge < -0.3 is 9.47 Å². The molecular weight excluding hydrogens is 280 g/mol. The standard InChI is InChI=1S/C18H22O4/c1-4-21-16(19)18(10-13(2)14(3)11-18)17(20)22-12-15-8-6-5-7-9-15/h5-10,14H,4,11-12H2,1-3H3. The lowest BCUT2D eigenvalue weighted by atomic mass is 9.85. The fourth-order valence-electron chi connectivity index (χ4n) is 2.71. The van der Waals surface area contributed by atoms with Crippen LogP contribution in [-0.4, -0.2) is 18.5 Å². The van der Waals surface area contributed by atoms with Crippen molar-refractivity contribution in [3.05, 3.63) is 47.5 Å². The van der Waals surface area contributed by atoms with Gasteiger partial charge in [-0.05, 0) is 31.7 Å². The molecule has 22 heavy (non-hydrogen) atoms. The second-order valence-electron chi connectivity index (χ2n) is 5.75. The van der Waals surface area contributed by atoms with Crippen molar-refractivity contribution in [2.75, 3.05) is 6.61 Å². The molecule has 1 aromatic rings. The fraction of sp³-hybridized carbons (Fsp3) is 0.444. The first-order chi connectivity index (χ1) is 10.5. The van der Waals surface area contributed by atoms with Crippen LogP contribution in [-0.2, 0) is 25.7 Å². The first-order valence-corrected chi connectivity index (χ1v) is 7.57. The van der Waals surface area contributed by atoms with E-state index in [0.29, 0.717) is 6.42 Å². The molecular formula is C18H22O4. The highest BCUT2D eigenvalue weighted by Gasteiger charge is 2.51. The highest BCUT2D eigenvalue weighted by Crippen LogP contribution is 2.42. The zero-order valence-electron chi connectivity index (χ0n) is 13.3. The van der Waals surface area contributed by atoms with Gasteiger partial charge in [0.05, 0.1) is 6.61 Å². The van der Waals surface area contributed by atoms with E-state index in [-0.39, 0.29) is 19.1 Å². The molecule has 2 unspecified atom stereocenters. The second-order valence-corrected chi connectivity index (χ2v) is 5.75. The fourth-order valence-corrected chi connectivity index (χ4v) is 2.71. The lowest BCUT2D eigenvalue weighted by molar-refractivity contribution is -0.169. The van der Waals surface area contributed by atoms with Crippen molar-refractivity contribution in [3.63, 3.8) is 0 Å². The maximum atomic E-state index is 12.6. The number of hydrogen-bond donors (Lipinski definition) is 0. The van der Waals surface area contributed by atoms with Crippen molar-refractivity contribution in [1.29, 1.82) is 0 Å². The van der Waals surface area contributed by atoms with E-state index in [2.05, 4.69) is 0 Å². The van der Waals surface area contributed by atoms with E-state index in [4.69, 9.17) is 9.47 Å². The zero-order chi connectivity index (χ0) is 16.2. The van der Waals surface area contributed by atoms with Gasteiger partial charge in [0.2, 0.25) is 0 Å². The Labute approximate surface area is 131 Å². The van der Waals surface area contributed by atoms with Crippen LogP contribution in [0.15, 0.2) is 42.0 Å². The Balaban J connectivity index is 2.16. The smallest absolute Gasteiger partial charge is 0.327 e. The van der Waals surface area contributed by atoms with Crippen molar-refractivity contribution in [2.45, 2.75) is 33.8 Å². The Bertz CT molecular complexity index is 576. The van der Waals surface area contributed by atoms with Crippen LogP contribution in [0.25, 0.3) is 0 Å². The SMILES string of the molecule is CCOC(=O)C1(C(=O)OCc2ccccc2)C=C(C)C(C)C1. The highest BCUT2D eigenvalue weighted by molar-refractivity contribution is 6.03. The van der Waals surface area contributed by atoms with Gasteiger partial charge in [-0.2, -0.15) is 0 Å². The van der Waals surface area contributed by atoms with Crippen molar-refractivity contribution in [3.8, 4) is 0 Å².